The fourth-order valence-electron chi connectivity index (χ4n) is 3.46. The Morgan fingerprint density at radius 2 is 1.88 bits per heavy atom. The van der Waals surface area contributed by atoms with Gasteiger partial charge in [-0.1, -0.05) is 0 Å². The van der Waals surface area contributed by atoms with Crippen molar-refractivity contribution in [2.75, 3.05) is 13.1 Å². The zero-order valence-electron chi connectivity index (χ0n) is 14.1. The number of piperidine rings is 1. The number of amides is 1. The third-order valence-electron chi connectivity index (χ3n) is 4.89. The van der Waals surface area contributed by atoms with Gasteiger partial charge in [0.25, 0.3) is 5.91 Å². The number of rotatable bonds is 3. The molecule has 0 aromatic carbocycles. The summed E-state index contributed by atoms with van der Waals surface area (Å²) in [5.74, 6) is -1.07. The third-order valence-corrected chi connectivity index (χ3v) is 4.89. The number of hydrogen-bond donors (Lipinski definition) is 2. The second-order valence-corrected chi connectivity index (χ2v) is 6.44. The van der Waals surface area contributed by atoms with E-state index in [9.17, 15) is 14.7 Å². The van der Waals surface area contributed by atoms with Crippen molar-refractivity contribution in [1.29, 1.82) is 0 Å². The van der Waals surface area contributed by atoms with Gasteiger partial charge in [0.2, 0.25) is 0 Å². The third kappa shape index (κ3) is 2.92. The molecule has 1 aliphatic heterocycles. The lowest BCUT2D eigenvalue weighted by molar-refractivity contribution is 0.0663. The van der Waals surface area contributed by atoms with Crippen LogP contribution in [0.4, 0.5) is 0 Å². The first-order chi connectivity index (χ1) is 12.6. The lowest BCUT2D eigenvalue weighted by atomic mass is 9.92. The fraction of sp³-hybridized carbons (Fsp3) is 0.263. The van der Waals surface area contributed by atoms with Gasteiger partial charge in [-0.3, -0.25) is 4.79 Å². The minimum atomic E-state index is -1.10. The summed E-state index contributed by atoms with van der Waals surface area (Å²) in [7, 11) is 0. The molecule has 7 heteroatoms. The number of carbonyl (C=O) groups is 2. The van der Waals surface area contributed by atoms with Crippen LogP contribution < -0.4 is 0 Å². The molecule has 1 aliphatic rings. The maximum Gasteiger partial charge on any atom is 0.338 e. The number of hydrogen-bond acceptors (Lipinski definition) is 4. The average Bonchev–Trinajstić information content (AvgIpc) is 3.17. The molecule has 1 fully saturated rings. The highest BCUT2D eigenvalue weighted by atomic mass is 16.4. The first-order valence-electron chi connectivity index (χ1n) is 8.54. The van der Waals surface area contributed by atoms with Crippen LogP contribution in [-0.4, -0.2) is 49.9 Å². The molecular formula is C19H18N4O3. The highest BCUT2D eigenvalue weighted by molar-refractivity contribution is 6.04. The van der Waals surface area contributed by atoms with Crippen molar-refractivity contribution in [2.24, 2.45) is 0 Å². The number of carboxylic acids is 1. The molecular weight excluding hydrogens is 332 g/mol. The van der Waals surface area contributed by atoms with Gasteiger partial charge in [0, 0.05) is 48.7 Å². The second kappa shape index (κ2) is 6.59. The smallest absolute Gasteiger partial charge is 0.338 e. The molecule has 7 nitrogen and oxygen atoms in total. The van der Waals surface area contributed by atoms with E-state index < -0.39 is 5.97 Å². The monoisotopic (exact) mass is 350 g/mol. The van der Waals surface area contributed by atoms with Crippen molar-refractivity contribution in [1.82, 2.24) is 19.9 Å². The fourth-order valence-corrected chi connectivity index (χ4v) is 3.46. The highest BCUT2D eigenvalue weighted by Gasteiger charge is 2.28. The van der Waals surface area contributed by atoms with Gasteiger partial charge in [0.05, 0.1) is 11.1 Å². The lowest BCUT2D eigenvalue weighted by Crippen LogP contribution is -2.38. The molecule has 3 aromatic heterocycles. The standard InChI is InChI=1S/C19H18N4O3/c24-18(14-10-20-11-15(14)19(25)26)23-8-5-12(6-9-23)16-4-3-13-2-1-7-21-17(13)22-16/h1-4,7,10-12,20H,5-6,8-9H2,(H,25,26). The number of carboxylic acid groups (broad SMARTS) is 1. The van der Waals surface area contributed by atoms with Crippen LogP contribution in [0.5, 0.6) is 0 Å². The van der Waals surface area contributed by atoms with E-state index in [1.165, 1.54) is 12.4 Å². The summed E-state index contributed by atoms with van der Waals surface area (Å²) in [6, 6.07) is 7.93. The molecule has 2 N–H and O–H groups in total. The zero-order chi connectivity index (χ0) is 18.1. The number of aromatic nitrogens is 3. The van der Waals surface area contributed by atoms with Crippen LogP contribution >= 0.6 is 0 Å². The average molecular weight is 350 g/mol. The van der Waals surface area contributed by atoms with E-state index in [4.69, 9.17) is 0 Å². The predicted molar refractivity (Wildman–Crippen MR) is 95.2 cm³/mol. The molecule has 3 aromatic rings. The topological polar surface area (TPSA) is 99.2 Å². The van der Waals surface area contributed by atoms with E-state index in [-0.39, 0.29) is 23.0 Å². The van der Waals surface area contributed by atoms with Gasteiger partial charge in [-0.25, -0.2) is 14.8 Å². The van der Waals surface area contributed by atoms with Crippen molar-refractivity contribution in [2.45, 2.75) is 18.8 Å². The van der Waals surface area contributed by atoms with E-state index in [1.54, 1.807) is 11.1 Å². The molecule has 0 unspecified atom stereocenters. The second-order valence-electron chi connectivity index (χ2n) is 6.44. The van der Waals surface area contributed by atoms with E-state index in [1.807, 2.05) is 24.3 Å². The van der Waals surface area contributed by atoms with Crippen LogP contribution in [0.2, 0.25) is 0 Å². The van der Waals surface area contributed by atoms with Gasteiger partial charge in [-0.2, -0.15) is 0 Å². The maximum atomic E-state index is 12.6. The molecule has 4 heterocycles. The van der Waals surface area contributed by atoms with E-state index in [2.05, 4.69) is 15.0 Å². The normalized spacial score (nSPS) is 15.3. The molecule has 0 bridgehead atoms. The maximum absolute atomic E-state index is 12.6. The summed E-state index contributed by atoms with van der Waals surface area (Å²) in [5, 5.41) is 10.2. The molecule has 0 radical (unpaired) electrons. The minimum absolute atomic E-state index is 0.0133. The molecule has 0 aliphatic carbocycles. The van der Waals surface area contributed by atoms with Crippen molar-refractivity contribution in [3.8, 4) is 0 Å². The Bertz CT molecular complexity index is 974. The van der Waals surface area contributed by atoms with Crippen LogP contribution in [0.3, 0.4) is 0 Å². The number of nitrogens with one attached hydrogen (secondary N) is 1. The van der Waals surface area contributed by atoms with Gasteiger partial charge in [-0.15, -0.1) is 0 Å². The summed E-state index contributed by atoms with van der Waals surface area (Å²) in [6.45, 7) is 1.16. The van der Waals surface area contributed by atoms with E-state index in [0.29, 0.717) is 13.1 Å². The van der Waals surface area contributed by atoms with Crippen molar-refractivity contribution in [3.05, 3.63) is 59.7 Å². The molecule has 4 rings (SSSR count). The van der Waals surface area contributed by atoms with E-state index >= 15 is 0 Å². The molecule has 26 heavy (non-hydrogen) atoms. The Labute approximate surface area is 149 Å². The van der Waals surface area contributed by atoms with Crippen LogP contribution in [0.25, 0.3) is 11.0 Å². The summed E-state index contributed by atoms with van der Waals surface area (Å²) in [5.41, 5.74) is 1.96. The van der Waals surface area contributed by atoms with Gasteiger partial charge in [0.1, 0.15) is 0 Å². The zero-order valence-corrected chi connectivity index (χ0v) is 14.1. The summed E-state index contributed by atoms with van der Waals surface area (Å²) in [4.78, 5) is 37.2. The number of fused-ring (bicyclic) bond motifs is 1. The lowest BCUT2D eigenvalue weighted by Gasteiger charge is -2.31. The van der Waals surface area contributed by atoms with E-state index in [0.717, 1.165) is 29.6 Å². The van der Waals surface area contributed by atoms with Crippen molar-refractivity contribution in [3.63, 3.8) is 0 Å². The Balaban J connectivity index is 1.47. The number of aromatic carboxylic acids is 1. The Morgan fingerprint density at radius 3 is 2.65 bits per heavy atom. The largest absolute Gasteiger partial charge is 0.478 e. The Morgan fingerprint density at radius 1 is 1.12 bits per heavy atom. The summed E-state index contributed by atoms with van der Waals surface area (Å²) < 4.78 is 0. The molecule has 1 saturated heterocycles. The number of carbonyl (C=O) groups excluding carboxylic acids is 1. The van der Waals surface area contributed by atoms with Gasteiger partial charge < -0.3 is 15.0 Å². The SMILES string of the molecule is O=C(O)c1c[nH]cc1C(=O)N1CCC(c2ccc3cccnc3n2)CC1. The first-order valence-corrected chi connectivity index (χ1v) is 8.54. The number of pyridine rings is 2. The van der Waals surface area contributed by atoms with Gasteiger partial charge in [0.15, 0.2) is 5.65 Å². The Kier molecular flexibility index (Phi) is 4.12. The quantitative estimate of drug-likeness (QED) is 0.756. The van der Waals surface area contributed by atoms with Crippen LogP contribution in [0, 0.1) is 0 Å². The highest BCUT2D eigenvalue weighted by Crippen LogP contribution is 2.28. The molecule has 132 valence electrons. The number of H-pyrrole nitrogens is 1. The van der Waals surface area contributed by atoms with Crippen LogP contribution in [-0.2, 0) is 0 Å². The summed E-state index contributed by atoms with van der Waals surface area (Å²) >= 11 is 0. The number of aromatic amines is 1. The number of likely N-dealkylation sites (tertiary alicyclic amines) is 1. The van der Waals surface area contributed by atoms with Crippen molar-refractivity contribution < 1.29 is 14.7 Å². The number of nitrogens with zero attached hydrogens (tertiary/aromatic N) is 3. The molecule has 1 amide bonds. The molecule has 0 saturated carbocycles. The van der Waals surface area contributed by atoms with Crippen LogP contribution in [0.15, 0.2) is 42.9 Å². The predicted octanol–water partition coefficient (Wildman–Crippen LogP) is 2.68. The van der Waals surface area contributed by atoms with Gasteiger partial charge in [-0.05, 0) is 37.1 Å². The molecule has 0 spiro atoms. The van der Waals surface area contributed by atoms with Crippen LogP contribution in [0.1, 0.15) is 45.2 Å². The van der Waals surface area contributed by atoms with Crippen molar-refractivity contribution >= 4 is 22.9 Å². The summed E-state index contributed by atoms with van der Waals surface area (Å²) in [6.07, 6.45) is 6.12. The first kappa shape index (κ1) is 16.3. The van der Waals surface area contributed by atoms with Gasteiger partial charge >= 0.3 is 5.97 Å². The Hall–Kier alpha value is -3.22. The molecule has 0 atom stereocenters. The minimum Gasteiger partial charge on any atom is -0.478 e.